The first-order chi connectivity index (χ1) is 7.81. The molecule has 2 N–H and O–H groups in total. The van der Waals surface area contributed by atoms with Crippen LogP contribution in [0.25, 0.3) is 0 Å². The number of hydrogen-bond donors (Lipinski definition) is 1. The molecule has 2 rings (SSSR count). The summed E-state index contributed by atoms with van der Waals surface area (Å²) in [5.41, 5.74) is 6.48. The Kier molecular flexibility index (Phi) is 3.64. The van der Waals surface area contributed by atoms with E-state index < -0.39 is 0 Å². The van der Waals surface area contributed by atoms with Gasteiger partial charge in [0.2, 0.25) is 0 Å². The third-order valence-corrected chi connectivity index (χ3v) is 2.52. The Hall–Kier alpha value is -1.26. The van der Waals surface area contributed by atoms with E-state index in [4.69, 9.17) is 19.9 Å². The first kappa shape index (κ1) is 11.2. The molecule has 88 valence electrons. The summed E-state index contributed by atoms with van der Waals surface area (Å²) in [4.78, 5) is 0. The molecular formula is C12H17NO3. The van der Waals surface area contributed by atoms with Crippen LogP contribution in [0.4, 0.5) is 0 Å². The molecule has 4 heteroatoms. The van der Waals surface area contributed by atoms with Crippen LogP contribution >= 0.6 is 0 Å². The average Bonchev–Trinajstić information content (AvgIpc) is 2.35. The van der Waals surface area contributed by atoms with Gasteiger partial charge in [-0.3, -0.25) is 0 Å². The molecule has 0 radical (unpaired) electrons. The number of nitrogens with two attached hydrogens (primary N) is 1. The average molecular weight is 223 g/mol. The fourth-order valence-electron chi connectivity index (χ4n) is 1.65. The van der Waals surface area contributed by atoms with Gasteiger partial charge in [-0.1, -0.05) is 6.07 Å². The van der Waals surface area contributed by atoms with Crippen LogP contribution in [-0.4, -0.2) is 26.4 Å². The maximum Gasteiger partial charge on any atom is 0.161 e. The molecule has 1 aromatic rings. The zero-order chi connectivity index (χ0) is 11.4. The van der Waals surface area contributed by atoms with Gasteiger partial charge in [-0.15, -0.1) is 0 Å². The second-order valence-electron chi connectivity index (χ2n) is 3.70. The summed E-state index contributed by atoms with van der Waals surface area (Å²) in [6, 6.07) is 5.89. The monoisotopic (exact) mass is 223 g/mol. The molecule has 0 amide bonds. The minimum Gasteiger partial charge on any atom is -0.486 e. The topological polar surface area (TPSA) is 53.7 Å². The molecule has 0 saturated heterocycles. The first-order valence-electron chi connectivity index (χ1n) is 5.52. The van der Waals surface area contributed by atoms with E-state index in [-0.39, 0.29) is 6.10 Å². The van der Waals surface area contributed by atoms with E-state index in [1.54, 1.807) is 0 Å². The van der Waals surface area contributed by atoms with E-state index in [2.05, 4.69) is 0 Å². The van der Waals surface area contributed by atoms with Gasteiger partial charge in [0.05, 0.1) is 12.7 Å². The summed E-state index contributed by atoms with van der Waals surface area (Å²) in [5, 5.41) is 0. The molecular weight excluding hydrogens is 206 g/mol. The molecule has 1 aromatic carbocycles. The number of hydrogen-bond acceptors (Lipinski definition) is 4. The molecule has 1 unspecified atom stereocenters. The predicted molar refractivity (Wildman–Crippen MR) is 60.9 cm³/mol. The van der Waals surface area contributed by atoms with Gasteiger partial charge in [0, 0.05) is 6.54 Å². The summed E-state index contributed by atoms with van der Waals surface area (Å²) in [6.45, 7) is 4.33. The van der Waals surface area contributed by atoms with E-state index >= 15 is 0 Å². The first-order valence-corrected chi connectivity index (χ1v) is 5.52. The van der Waals surface area contributed by atoms with Crippen molar-refractivity contribution in [2.45, 2.75) is 13.0 Å². The highest BCUT2D eigenvalue weighted by molar-refractivity contribution is 5.44. The molecule has 1 atom stereocenters. The highest BCUT2D eigenvalue weighted by atomic mass is 16.6. The summed E-state index contributed by atoms with van der Waals surface area (Å²) >= 11 is 0. The Morgan fingerprint density at radius 3 is 2.81 bits per heavy atom. The van der Waals surface area contributed by atoms with Crippen LogP contribution in [-0.2, 0) is 4.74 Å². The van der Waals surface area contributed by atoms with Gasteiger partial charge in [0.15, 0.2) is 11.5 Å². The minimum atomic E-state index is 0.0272. The maximum atomic E-state index is 5.55. The van der Waals surface area contributed by atoms with Crippen molar-refractivity contribution in [3.05, 3.63) is 23.8 Å². The van der Waals surface area contributed by atoms with Crippen molar-refractivity contribution in [2.75, 3.05) is 26.4 Å². The lowest BCUT2D eigenvalue weighted by Gasteiger charge is -2.20. The van der Waals surface area contributed by atoms with Crippen LogP contribution in [0.1, 0.15) is 18.6 Å². The van der Waals surface area contributed by atoms with Gasteiger partial charge in [0.1, 0.15) is 13.2 Å². The normalized spacial score (nSPS) is 15.9. The Balaban J connectivity index is 2.10. The summed E-state index contributed by atoms with van der Waals surface area (Å²) in [5.74, 6) is 1.60. The van der Waals surface area contributed by atoms with E-state index in [1.807, 2.05) is 25.1 Å². The van der Waals surface area contributed by atoms with Crippen molar-refractivity contribution in [3.63, 3.8) is 0 Å². The Labute approximate surface area is 95.3 Å². The van der Waals surface area contributed by atoms with Gasteiger partial charge in [0.25, 0.3) is 0 Å². The molecule has 1 heterocycles. The van der Waals surface area contributed by atoms with E-state index in [0.717, 1.165) is 17.1 Å². The van der Waals surface area contributed by atoms with Crippen LogP contribution in [0.15, 0.2) is 18.2 Å². The Morgan fingerprint density at radius 2 is 2.06 bits per heavy atom. The summed E-state index contributed by atoms with van der Waals surface area (Å²) < 4.78 is 16.5. The molecule has 0 aliphatic carbocycles. The summed E-state index contributed by atoms with van der Waals surface area (Å²) in [6.07, 6.45) is 0.0272. The molecule has 1 aliphatic rings. The highest BCUT2D eigenvalue weighted by Gasteiger charge is 2.14. The van der Waals surface area contributed by atoms with Gasteiger partial charge in [-0.05, 0) is 24.6 Å². The third kappa shape index (κ3) is 2.46. The lowest BCUT2D eigenvalue weighted by Crippen LogP contribution is -2.16. The van der Waals surface area contributed by atoms with Crippen molar-refractivity contribution < 1.29 is 14.2 Å². The van der Waals surface area contributed by atoms with E-state index in [1.165, 1.54) is 0 Å². The molecule has 0 bridgehead atoms. The lowest BCUT2D eigenvalue weighted by molar-refractivity contribution is 0.0712. The second kappa shape index (κ2) is 5.18. The lowest BCUT2D eigenvalue weighted by atomic mass is 10.1. The third-order valence-electron chi connectivity index (χ3n) is 2.52. The van der Waals surface area contributed by atoms with Crippen LogP contribution in [0.5, 0.6) is 11.5 Å². The van der Waals surface area contributed by atoms with Gasteiger partial charge >= 0.3 is 0 Å². The summed E-state index contributed by atoms with van der Waals surface area (Å²) in [7, 11) is 0. The quantitative estimate of drug-likeness (QED) is 0.840. The van der Waals surface area contributed by atoms with Crippen molar-refractivity contribution in [1.29, 1.82) is 0 Å². The molecule has 0 fully saturated rings. The number of fused-ring (bicyclic) bond motifs is 1. The highest BCUT2D eigenvalue weighted by Crippen LogP contribution is 2.33. The van der Waals surface area contributed by atoms with Crippen molar-refractivity contribution in [3.8, 4) is 11.5 Å². The Morgan fingerprint density at radius 1 is 1.31 bits per heavy atom. The Bertz CT molecular complexity index is 354. The predicted octanol–water partition coefficient (Wildman–Crippen LogP) is 1.49. The van der Waals surface area contributed by atoms with Crippen LogP contribution in [0, 0.1) is 0 Å². The SMILES string of the molecule is CC(OCCN)c1ccc2c(c1)OCCO2. The smallest absolute Gasteiger partial charge is 0.161 e. The van der Waals surface area contributed by atoms with E-state index in [9.17, 15) is 0 Å². The fraction of sp³-hybridized carbons (Fsp3) is 0.500. The number of ether oxygens (including phenoxy) is 3. The molecule has 4 nitrogen and oxygen atoms in total. The fourth-order valence-corrected chi connectivity index (χ4v) is 1.65. The van der Waals surface area contributed by atoms with E-state index in [0.29, 0.717) is 26.4 Å². The second-order valence-corrected chi connectivity index (χ2v) is 3.70. The van der Waals surface area contributed by atoms with Crippen LogP contribution < -0.4 is 15.2 Å². The van der Waals surface area contributed by atoms with Crippen molar-refractivity contribution in [1.82, 2.24) is 0 Å². The van der Waals surface area contributed by atoms with Gasteiger partial charge < -0.3 is 19.9 Å². The zero-order valence-corrected chi connectivity index (χ0v) is 9.44. The molecule has 0 saturated carbocycles. The number of benzene rings is 1. The molecule has 0 aromatic heterocycles. The van der Waals surface area contributed by atoms with Crippen molar-refractivity contribution in [2.24, 2.45) is 5.73 Å². The zero-order valence-electron chi connectivity index (χ0n) is 9.44. The molecule has 0 spiro atoms. The molecule has 1 aliphatic heterocycles. The van der Waals surface area contributed by atoms with Crippen molar-refractivity contribution >= 4 is 0 Å². The maximum absolute atomic E-state index is 5.55. The van der Waals surface area contributed by atoms with Gasteiger partial charge in [-0.2, -0.15) is 0 Å². The molecule has 16 heavy (non-hydrogen) atoms. The standard InChI is InChI=1S/C12H17NO3/c1-9(14-5-4-13)10-2-3-11-12(8-10)16-7-6-15-11/h2-3,8-9H,4-7,13H2,1H3. The van der Waals surface area contributed by atoms with Crippen LogP contribution in [0.2, 0.25) is 0 Å². The number of rotatable bonds is 4. The largest absolute Gasteiger partial charge is 0.486 e. The van der Waals surface area contributed by atoms with Gasteiger partial charge in [-0.25, -0.2) is 0 Å². The minimum absolute atomic E-state index is 0.0272. The van der Waals surface area contributed by atoms with Crippen LogP contribution in [0.3, 0.4) is 0 Å².